The van der Waals surface area contributed by atoms with E-state index >= 15 is 0 Å². The Kier molecular flexibility index (Phi) is 16.0. The lowest BCUT2D eigenvalue weighted by molar-refractivity contribution is -0.198. The van der Waals surface area contributed by atoms with Crippen LogP contribution in [0.15, 0.2) is 0 Å². The predicted molar refractivity (Wildman–Crippen MR) is 163 cm³/mol. The largest absolute Gasteiger partial charge is 0.464 e. The molecular formula is C33H58O10. The van der Waals surface area contributed by atoms with Crippen LogP contribution in [0, 0.1) is 21.7 Å². The van der Waals surface area contributed by atoms with Crippen molar-refractivity contribution in [1.29, 1.82) is 0 Å². The standard InChI is InChI=1S/C33H58O10/c1-13-29(8,14-2)24(34)41-22-32(11,19-7)26(36)39-20-21-40-28(38)33(12,43-27(37)31(10,17-5)18-6)23-42-25(35)30(9,15-3)16-4/h13-23H2,1-12H3. The summed E-state index contributed by atoms with van der Waals surface area (Å²) in [5.74, 6) is -3.01. The van der Waals surface area contributed by atoms with Gasteiger partial charge in [0.25, 0.3) is 0 Å². The minimum atomic E-state index is -1.91. The van der Waals surface area contributed by atoms with E-state index < -0.39 is 57.7 Å². The second kappa shape index (κ2) is 17.0. The zero-order chi connectivity index (χ0) is 33.7. The lowest BCUT2D eigenvalue weighted by Crippen LogP contribution is -2.50. The molecule has 2 atom stereocenters. The van der Waals surface area contributed by atoms with Crippen molar-refractivity contribution in [3.05, 3.63) is 0 Å². The summed E-state index contributed by atoms with van der Waals surface area (Å²) in [5.41, 5.74) is -5.23. The average molecular weight is 615 g/mol. The summed E-state index contributed by atoms with van der Waals surface area (Å²) in [6.45, 7) is 20.1. The number of hydrogen-bond acceptors (Lipinski definition) is 10. The van der Waals surface area contributed by atoms with Crippen molar-refractivity contribution >= 4 is 29.8 Å². The highest BCUT2D eigenvalue weighted by Gasteiger charge is 2.46. The molecule has 43 heavy (non-hydrogen) atoms. The van der Waals surface area contributed by atoms with Crippen molar-refractivity contribution in [3.8, 4) is 0 Å². The number of ether oxygens (including phenoxy) is 5. The Bertz CT molecular complexity index is 945. The molecule has 2 unspecified atom stereocenters. The molecule has 0 rings (SSSR count). The Balaban J connectivity index is 5.52. The number of carbonyl (C=O) groups excluding carboxylic acids is 5. The van der Waals surface area contributed by atoms with Crippen molar-refractivity contribution in [2.75, 3.05) is 26.4 Å². The van der Waals surface area contributed by atoms with E-state index in [0.717, 1.165) is 0 Å². The van der Waals surface area contributed by atoms with E-state index in [4.69, 9.17) is 23.7 Å². The van der Waals surface area contributed by atoms with E-state index in [1.807, 2.05) is 48.5 Å². The Morgan fingerprint density at radius 2 is 0.698 bits per heavy atom. The van der Waals surface area contributed by atoms with E-state index in [1.54, 1.807) is 27.7 Å². The molecular weight excluding hydrogens is 556 g/mol. The van der Waals surface area contributed by atoms with Gasteiger partial charge in [-0.1, -0.05) is 48.5 Å². The molecule has 0 radical (unpaired) electrons. The van der Waals surface area contributed by atoms with Gasteiger partial charge < -0.3 is 23.7 Å². The molecule has 0 aliphatic rings. The van der Waals surface area contributed by atoms with Gasteiger partial charge in [0.2, 0.25) is 5.60 Å². The average Bonchev–Trinajstić information content (AvgIpc) is 3.02. The van der Waals surface area contributed by atoms with Gasteiger partial charge in [0.1, 0.15) is 26.4 Å². The van der Waals surface area contributed by atoms with Crippen LogP contribution in [0.1, 0.15) is 128 Å². The van der Waals surface area contributed by atoms with Crippen LogP contribution in [-0.4, -0.2) is 61.9 Å². The highest BCUT2D eigenvalue weighted by molar-refractivity contribution is 5.86. The summed E-state index contributed by atoms with van der Waals surface area (Å²) < 4.78 is 27.4. The molecule has 0 N–H and O–H groups in total. The summed E-state index contributed by atoms with van der Waals surface area (Å²) >= 11 is 0. The van der Waals surface area contributed by atoms with Gasteiger partial charge in [-0.3, -0.25) is 19.2 Å². The zero-order valence-corrected chi connectivity index (χ0v) is 28.9. The van der Waals surface area contributed by atoms with Crippen LogP contribution in [0.5, 0.6) is 0 Å². The molecule has 0 aliphatic carbocycles. The molecule has 0 saturated carbocycles. The first-order valence-corrected chi connectivity index (χ1v) is 15.8. The first kappa shape index (κ1) is 40.4. The molecule has 0 bridgehead atoms. The normalized spacial score (nSPS) is 15.0. The van der Waals surface area contributed by atoms with Gasteiger partial charge in [0, 0.05) is 0 Å². The summed E-state index contributed by atoms with van der Waals surface area (Å²) in [5, 5.41) is 0. The van der Waals surface area contributed by atoms with Crippen LogP contribution < -0.4 is 0 Å². The maximum Gasteiger partial charge on any atom is 0.354 e. The quantitative estimate of drug-likeness (QED) is 0.0867. The SMILES string of the molecule is CCC(C)(CC)C(=O)OCC(C)(CC)C(=O)OCCOC(=O)C(C)(COC(=O)C(C)(CC)CC)OC(=O)C(C)(CC)CC. The molecule has 0 heterocycles. The lowest BCUT2D eigenvalue weighted by Gasteiger charge is -2.33. The van der Waals surface area contributed by atoms with Crippen molar-refractivity contribution < 1.29 is 47.7 Å². The third-order valence-corrected chi connectivity index (χ3v) is 9.73. The van der Waals surface area contributed by atoms with Crippen LogP contribution in [0.25, 0.3) is 0 Å². The van der Waals surface area contributed by atoms with Crippen LogP contribution in [0.2, 0.25) is 0 Å². The molecule has 0 aromatic heterocycles. The molecule has 0 aromatic rings. The van der Waals surface area contributed by atoms with Crippen molar-refractivity contribution in [2.24, 2.45) is 21.7 Å². The highest BCUT2D eigenvalue weighted by atomic mass is 16.6. The Morgan fingerprint density at radius 1 is 0.395 bits per heavy atom. The fourth-order valence-corrected chi connectivity index (χ4v) is 3.75. The van der Waals surface area contributed by atoms with Gasteiger partial charge in [-0.2, -0.15) is 0 Å². The summed E-state index contributed by atoms with van der Waals surface area (Å²) in [4.78, 5) is 64.7. The molecule has 250 valence electrons. The minimum absolute atomic E-state index is 0.141. The molecule has 0 fully saturated rings. The van der Waals surface area contributed by atoms with Gasteiger partial charge in [-0.25, -0.2) is 4.79 Å². The van der Waals surface area contributed by atoms with Crippen molar-refractivity contribution in [2.45, 2.75) is 134 Å². The summed E-state index contributed by atoms with van der Waals surface area (Å²) in [6, 6.07) is 0. The van der Waals surface area contributed by atoms with E-state index in [1.165, 1.54) is 6.92 Å². The smallest absolute Gasteiger partial charge is 0.354 e. The third kappa shape index (κ3) is 10.5. The Hall–Kier alpha value is -2.65. The Labute approximate surface area is 259 Å². The van der Waals surface area contributed by atoms with Crippen molar-refractivity contribution in [1.82, 2.24) is 0 Å². The van der Waals surface area contributed by atoms with E-state index in [9.17, 15) is 24.0 Å². The van der Waals surface area contributed by atoms with Gasteiger partial charge in [0.15, 0.2) is 0 Å². The first-order valence-electron chi connectivity index (χ1n) is 15.8. The topological polar surface area (TPSA) is 132 Å². The van der Waals surface area contributed by atoms with Gasteiger partial charge in [-0.05, 0) is 79.6 Å². The van der Waals surface area contributed by atoms with Crippen LogP contribution in [0.4, 0.5) is 0 Å². The zero-order valence-electron chi connectivity index (χ0n) is 28.9. The highest BCUT2D eigenvalue weighted by Crippen LogP contribution is 2.32. The molecule has 0 spiro atoms. The van der Waals surface area contributed by atoms with Crippen LogP contribution >= 0.6 is 0 Å². The van der Waals surface area contributed by atoms with E-state index in [0.29, 0.717) is 44.9 Å². The first-order chi connectivity index (χ1) is 19.9. The monoisotopic (exact) mass is 614 g/mol. The summed E-state index contributed by atoms with van der Waals surface area (Å²) in [7, 11) is 0. The minimum Gasteiger partial charge on any atom is -0.464 e. The maximum absolute atomic E-state index is 13.2. The number of carbonyl (C=O) groups is 5. The van der Waals surface area contributed by atoms with Gasteiger partial charge in [-0.15, -0.1) is 0 Å². The third-order valence-electron chi connectivity index (χ3n) is 9.73. The second-order valence-corrected chi connectivity index (χ2v) is 12.8. The van der Waals surface area contributed by atoms with E-state index in [2.05, 4.69) is 0 Å². The molecule has 0 amide bonds. The Morgan fingerprint density at radius 3 is 1.07 bits per heavy atom. The lowest BCUT2D eigenvalue weighted by atomic mass is 9.84. The molecule has 10 heteroatoms. The molecule has 0 aliphatic heterocycles. The van der Waals surface area contributed by atoms with Crippen LogP contribution in [0.3, 0.4) is 0 Å². The number of hydrogen-bond donors (Lipinski definition) is 0. The van der Waals surface area contributed by atoms with Crippen molar-refractivity contribution in [3.63, 3.8) is 0 Å². The molecule has 0 saturated heterocycles. The molecule has 0 aromatic carbocycles. The van der Waals surface area contributed by atoms with Gasteiger partial charge in [0.05, 0.1) is 21.7 Å². The fourth-order valence-electron chi connectivity index (χ4n) is 3.75. The number of esters is 5. The second-order valence-electron chi connectivity index (χ2n) is 12.8. The predicted octanol–water partition coefficient (Wildman–Crippen LogP) is 6.36. The van der Waals surface area contributed by atoms with Crippen LogP contribution in [-0.2, 0) is 47.7 Å². The molecule has 10 nitrogen and oxygen atoms in total. The summed E-state index contributed by atoms with van der Waals surface area (Å²) in [6.07, 6.45) is 3.61. The maximum atomic E-state index is 13.2. The number of rotatable bonds is 20. The van der Waals surface area contributed by atoms with Gasteiger partial charge >= 0.3 is 29.8 Å². The fraction of sp³-hybridized carbons (Fsp3) is 0.848. The van der Waals surface area contributed by atoms with E-state index in [-0.39, 0.29) is 25.8 Å².